The first kappa shape index (κ1) is 10.7. The second-order valence-corrected chi connectivity index (χ2v) is 2.72. The molecule has 2 nitrogen and oxygen atoms in total. The second kappa shape index (κ2) is 3.43. The van der Waals surface area contributed by atoms with Crippen LogP contribution >= 0.6 is 0 Å². The Balaban J connectivity index is 3.09. The highest BCUT2D eigenvalue weighted by Gasteiger charge is 2.33. The van der Waals surface area contributed by atoms with Gasteiger partial charge in [-0.2, -0.15) is 0 Å². The lowest BCUT2D eigenvalue weighted by Gasteiger charge is -2.10. The van der Waals surface area contributed by atoms with Crippen LogP contribution in [0.2, 0.25) is 0 Å². The number of aromatic nitrogens is 1. The van der Waals surface area contributed by atoms with Gasteiger partial charge in [0.05, 0.1) is 0 Å². The fraction of sp³-hybridized carbons (Fsp3) is 0.375. The molecule has 14 heavy (non-hydrogen) atoms. The molecule has 6 heteroatoms. The van der Waals surface area contributed by atoms with Crippen LogP contribution in [-0.4, -0.2) is 11.3 Å². The molecule has 0 N–H and O–H groups in total. The lowest BCUT2D eigenvalue weighted by atomic mass is 10.2. The molecule has 0 bridgehead atoms. The summed E-state index contributed by atoms with van der Waals surface area (Å²) in [5, 5.41) is 0. The van der Waals surface area contributed by atoms with Gasteiger partial charge >= 0.3 is 6.36 Å². The van der Waals surface area contributed by atoms with Gasteiger partial charge in [-0.15, -0.1) is 13.2 Å². The van der Waals surface area contributed by atoms with Gasteiger partial charge in [0.15, 0.2) is 0 Å². The van der Waals surface area contributed by atoms with Gasteiger partial charge in [0.2, 0.25) is 5.88 Å². The highest BCUT2D eigenvalue weighted by molar-refractivity contribution is 5.28. The van der Waals surface area contributed by atoms with Crippen molar-refractivity contribution in [2.24, 2.45) is 0 Å². The molecule has 0 aromatic carbocycles. The molecule has 1 aromatic rings. The van der Waals surface area contributed by atoms with Crippen molar-refractivity contribution in [3.05, 3.63) is 23.1 Å². The maximum atomic E-state index is 12.9. The van der Waals surface area contributed by atoms with Crippen LogP contribution in [0.3, 0.4) is 0 Å². The average Bonchev–Trinajstić information content (AvgIpc) is 1.96. The van der Waals surface area contributed by atoms with E-state index in [4.69, 9.17) is 0 Å². The van der Waals surface area contributed by atoms with Crippen molar-refractivity contribution in [3.63, 3.8) is 0 Å². The summed E-state index contributed by atoms with van der Waals surface area (Å²) in [6, 6.07) is 1.04. The average molecular weight is 209 g/mol. The van der Waals surface area contributed by atoms with Gasteiger partial charge in [0.25, 0.3) is 0 Å². The molecular weight excluding hydrogens is 202 g/mol. The van der Waals surface area contributed by atoms with E-state index in [0.29, 0.717) is 0 Å². The van der Waals surface area contributed by atoms with Gasteiger partial charge in [-0.3, -0.25) is 0 Å². The summed E-state index contributed by atoms with van der Waals surface area (Å²) in [5.74, 6) is -1.51. The third kappa shape index (κ3) is 2.58. The van der Waals surface area contributed by atoms with Crippen LogP contribution in [0.4, 0.5) is 17.6 Å². The number of halogens is 4. The fourth-order valence-electron chi connectivity index (χ4n) is 0.879. The first-order valence-corrected chi connectivity index (χ1v) is 3.69. The van der Waals surface area contributed by atoms with Crippen LogP contribution in [0, 0.1) is 19.7 Å². The zero-order valence-corrected chi connectivity index (χ0v) is 7.44. The van der Waals surface area contributed by atoms with Gasteiger partial charge < -0.3 is 4.74 Å². The standard InChI is InChI=1S/C8H7F4NO/c1-4-3-6(9)5(2)7(13-4)14-8(10,11)12/h3H,1-2H3. The van der Waals surface area contributed by atoms with Crippen LogP contribution in [0.5, 0.6) is 5.88 Å². The number of alkyl halides is 3. The normalized spacial score (nSPS) is 11.6. The Labute approximate surface area is 77.5 Å². The van der Waals surface area contributed by atoms with E-state index in [1.807, 2.05) is 0 Å². The number of ether oxygens (including phenoxy) is 1. The summed E-state index contributed by atoms with van der Waals surface area (Å²) in [6.07, 6.45) is -4.85. The summed E-state index contributed by atoms with van der Waals surface area (Å²) >= 11 is 0. The maximum absolute atomic E-state index is 12.9. The number of aryl methyl sites for hydroxylation is 1. The monoisotopic (exact) mass is 209 g/mol. The molecule has 0 aliphatic rings. The minimum absolute atomic E-state index is 0.132. The van der Waals surface area contributed by atoms with Crippen LogP contribution in [0.25, 0.3) is 0 Å². The van der Waals surface area contributed by atoms with Gasteiger partial charge in [0, 0.05) is 11.3 Å². The Hall–Kier alpha value is -1.33. The Morgan fingerprint density at radius 1 is 1.29 bits per heavy atom. The number of hydrogen-bond donors (Lipinski definition) is 0. The van der Waals surface area contributed by atoms with E-state index < -0.39 is 18.1 Å². The Bertz CT molecular complexity index is 348. The summed E-state index contributed by atoms with van der Waals surface area (Å²) in [7, 11) is 0. The van der Waals surface area contributed by atoms with Crippen molar-refractivity contribution >= 4 is 0 Å². The summed E-state index contributed by atoms with van der Waals surface area (Å²) in [5.41, 5.74) is -0.125. The second-order valence-electron chi connectivity index (χ2n) is 2.72. The minimum Gasteiger partial charge on any atom is -0.387 e. The van der Waals surface area contributed by atoms with Crippen LogP contribution in [0.1, 0.15) is 11.3 Å². The smallest absolute Gasteiger partial charge is 0.387 e. The van der Waals surface area contributed by atoms with Gasteiger partial charge in [-0.1, -0.05) is 0 Å². The maximum Gasteiger partial charge on any atom is 0.574 e. The van der Waals surface area contributed by atoms with Crippen molar-refractivity contribution in [2.75, 3.05) is 0 Å². The summed E-state index contributed by atoms with van der Waals surface area (Å²) < 4.78 is 51.9. The SMILES string of the molecule is Cc1cc(F)c(C)c(OC(F)(F)F)n1. The summed E-state index contributed by atoms with van der Waals surface area (Å²) in [6.45, 7) is 2.55. The number of rotatable bonds is 1. The Morgan fingerprint density at radius 3 is 2.36 bits per heavy atom. The third-order valence-electron chi connectivity index (χ3n) is 1.50. The summed E-state index contributed by atoms with van der Waals surface area (Å²) in [4.78, 5) is 3.44. The molecular formula is C8H7F4NO. The van der Waals surface area contributed by atoms with Crippen molar-refractivity contribution in [2.45, 2.75) is 20.2 Å². The largest absolute Gasteiger partial charge is 0.574 e. The molecule has 0 fully saturated rings. The van der Waals surface area contributed by atoms with Crippen molar-refractivity contribution < 1.29 is 22.3 Å². The van der Waals surface area contributed by atoms with E-state index in [-0.39, 0.29) is 11.3 Å². The van der Waals surface area contributed by atoms with Crippen molar-refractivity contribution in [3.8, 4) is 5.88 Å². The van der Waals surface area contributed by atoms with E-state index in [0.717, 1.165) is 6.07 Å². The first-order chi connectivity index (χ1) is 6.29. The van der Waals surface area contributed by atoms with Crippen molar-refractivity contribution in [1.29, 1.82) is 0 Å². The van der Waals surface area contributed by atoms with Crippen LogP contribution in [-0.2, 0) is 0 Å². The van der Waals surface area contributed by atoms with Crippen molar-refractivity contribution in [1.82, 2.24) is 4.98 Å². The topological polar surface area (TPSA) is 22.1 Å². The van der Waals surface area contributed by atoms with Crippen LogP contribution in [0.15, 0.2) is 6.07 Å². The third-order valence-corrected chi connectivity index (χ3v) is 1.50. The molecule has 0 atom stereocenters. The molecule has 0 unspecified atom stereocenters. The molecule has 0 aliphatic heterocycles. The van der Waals surface area contributed by atoms with Gasteiger partial charge in [-0.25, -0.2) is 9.37 Å². The fourth-order valence-corrected chi connectivity index (χ4v) is 0.879. The number of nitrogens with zero attached hydrogens (tertiary/aromatic N) is 1. The Morgan fingerprint density at radius 2 is 1.86 bits per heavy atom. The highest BCUT2D eigenvalue weighted by Crippen LogP contribution is 2.25. The lowest BCUT2D eigenvalue weighted by Crippen LogP contribution is -2.19. The van der Waals surface area contributed by atoms with E-state index in [1.165, 1.54) is 13.8 Å². The molecule has 1 heterocycles. The van der Waals surface area contributed by atoms with E-state index in [1.54, 1.807) is 0 Å². The predicted octanol–water partition coefficient (Wildman–Crippen LogP) is 2.74. The van der Waals surface area contributed by atoms with Gasteiger partial charge in [0.1, 0.15) is 5.82 Å². The van der Waals surface area contributed by atoms with Gasteiger partial charge in [-0.05, 0) is 19.9 Å². The first-order valence-electron chi connectivity index (χ1n) is 3.69. The molecule has 78 valence electrons. The molecule has 0 saturated carbocycles. The highest BCUT2D eigenvalue weighted by atomic mass is 19.4. The zero-order chi connectivity index (χ0) is 10.9. The zero-order valence-electron chi connectivity index (χ0n) is 7.44. The molecule has 1 aromatic heterocycles. The molecule has 0 amide bonds. The predicted molar refractivity (Wildman–Crippen MR) is 40.4 cm³/mol. The number of pyridine rings is 1. The molecule has 0 radical (unpaired) electrons. The molecule has 0 aliphatic carbocycles. The Kier molecular flexibility index (Phi) is 2.64. The number of hydrogen-bond acceptors (Lipinski definition) is 2. The van der Waals surface area contributed by atoms with E-state index >= 15 is 0 Å². The van der Waals surface area contributed by atoms with E-state index in [2.05, 4.69) is 9.72 Å². The lowest BCUT2D eigenvalue weighted by molar-refractivity contribution is -0.276. The minimum atomic E-state index is -4.85. The molecule has 0 spiro atoms. The molecule has 1 rings (SSSR count). The van der Waals surface area contributed by atoms with E-state index in [9.17, 15) is 17.6 Å². The quantitative estimate of drug-likeness (QED) is 0.663. The van der Waals surface area contributed by atoms with Crippen LogP contribution < -0.4 is 4.74 Å². The molecule has 0 saturated heterocycles.